The van der Waals surface area contributed by atoms with Crippen molar-refractivity contribution in [3.8, 4) is 17.0 Å². The van der Waals surface area contributed by atoms with Gasteiger partial charge in [0.05, 0.1) is 23.2 Å². The lowest BCUT2D eigenvalue weighted by Gasteiger charge is -2.24. The number of carbonyl (C=O) groups is 1. The number of ether oxygens (including phenoxy) is 1. The molecule has 33 heavy (non-hydrogen) atoms. The van der Waals surface area contributed by atoms with E-state index in [1.807, 2.05) is 42.2 Å². The van der Waals surface area contributed by atoms with Crippen molar-refractivity contribution in [2.24, 2.45) is 0 Å². The molecule has 0 bridgehead atoms. The van der Waals surface area contributed by atoms with Crippen LogP contribution in [-0.4, -0.2) is 35.2 Å². The molecule has 5 rings (SSSR count). The fourth-order valence-electron chi connectivity index (χ4n) is 4.09. The molecule has 2 aromatic heterocycles. The van der Waals surface area contributed by atoms with Crippen LogP contribution in [0.2, 0.25) is 0 Å². The Morgan fingerprint density at radius 3 is 2.70 bits per heavy atom. The van der Waals surface area contributed by atoms with Gasteiger partial charge in [-0.15, -0.1) is 23.1 Å². The predicted octanol–water partition coefficient (Wildman–Crippen LogP) is 6.81. The average Bonchev–Trinajstić information content (AvgIpc) is 3.60. The number of aryl methyl sites for hydroxylation is 1. The number of thiophene rings is 1. The summed E-state index contributed by atoms with van der Waals surface area (Å²) in [5.41, 5.74) is 3.92. The number of amides is 1. The van der Waals surface area contributed by atoms with Crippen LogP contribution in [0.5, 0.6) is 5.75 Å². The fraction of sp³-hybridized carbons (Fsp3) is 0.259. The Labute approximate surface area is 202 Å². The van der Waals surface area contributed by atoms with Crippen LogP contribution in [0.3, 0.4) is 0 Å². The summed E-state index contributed by atoms with van der Waals surface area (Å²) < 4.78 is 5.47. The quantitative estimate of drug-likeness (QED) is 0.276. The lowest BCUT2D eigenvalue weighted by atomic mass is 10.0. The first-order valence-corrected chi connectivity index (χ1v) is 13.1. The van der Waals surface area contributed by atoms with Crippen LogP contribution in [0.1, 0.15) is 33.0 Å². The number of hydrogen-bond donors (Lipinski definition) is 0. The lowest BCUT2D eigenvalue weighted by molar-refractivity contribution is 0.0735. The van der Waals surface area contributed by atoms with Crippen LogP contribution in [-0.2, 0) is 6.54 Å². The van der Waals surface area contributed by atoms with Gasteiger partial charge in [0.15, 0.2) is 0 Å². The molecule has 0 aliphatic heterocycles. The zero-order chi connectivity index (χ0) is 22.9. The molecule has 1 aliphatic carbocycles. The minimum atomic E-state index is 0.116. The highest BCUT2D eigenvalue weighted by molar-refractivity contribution is 7.98. The van der Waals surface area contributed by atoms with Crippen LogP contribution < -0.4 is 4.74 Å². The number of carbonyl (C=O) groups excluding carboxylic acids is 1. The number of rotatable bonds is 7. The first-order valence-electron chi connectivity index (χ1n) is 11.0. The number of fused-ring (bicyclic) bond motifs is 1. The lowest BCUT2D eigenvalue weighted by Crippen LogP contribution is -2.32. The molecule has 2 aromatic carbocycles. The summed E-state index contributed by atoms with van der Waals surface area (Å²) in [5.74, 6) is 0.910. The van der Waals surface area contributed by atoms with E-state index in [2.05, 4.69) is 36.6 Å². The molecular formula is C27H26N2O2S2. The van der Waals surface area contributed by atoms with Gasteiger partial charge in [0, 0.05) is 33.3 Å². The van der Waals surface area contributed by atoms with E-state index in [1.54, 1.807) is 30.2 Å². The van der Waals surface area contributed by atoms with Crippen LogP contribution in [0.15, 0.2) is 65.6 Å². The van der Waals surface area contributed by atoms with Crippen molar-refractivity contribution < 1.29 is 9.53 Å². The third kappa shape index (κ3) is 4.63. The highest BCUT2D eigenvalue weighted by atomic mass is 32.2. The van der Waals surface area contributed by atoms with Crippen molar-refractivity contribution in [2.75, 3.05) is 13.4 Å². The minimum Gasteiger partial charge on any atom is -0.497 e. The third-order valence-corrected chi connectivity index (χ3v) is 7.70. The summed E-state index contributed by atoms with van der Waals surface area (Å²) in [5, 5.41) is 1.09. The number of thioether (sulfide) groups is 1. The third-order valence-electron chi connectivity index (χ3n) is 5.99. The first-order chi connectivity index (χ1) is 16.1. The molecule has 0 spiro atoms. The smallest absolute Gasteiger partial charge is 0.264 e. The first kappa shape index (κ1) is 22.0. The van der Waals surface area contributed by atoms with Gasteiger partial charge in [-0.1, -0.05) is 18.2 Å². The topological polar surface area (TPSA) is 42.4 Å². The van der Waals surface area contributed by atoms with Gasteiger partial charge in [-0.2, -0.15) is 0 Å². The van der Waals surface area contributed by atoms with Crippen LogP contribution >= 0.6 is 23.1 Å². The summed E-state index contributed by atoms with van der Waals surface area (Å²) in [6, 6.07) is 20.8. The standard InChI is InChI=1S/C27H26N2O2S2/c1-17-7-12-25(33-17)27(30)29(21-9-10-21)16-20-13-18-8-11-23(32-3)15-24(18)28-26(20)19-5-4-6-22(14-19)31-2/h4-8,11-15,21H,9-10,16H2,1-3H3. The molecular weight excluding hydrogens is 448 g/mol. The van der Waals surface area contributed by atoms with E-state index < -0.39 is 0 Å². The second-order valence-electron chi connectivity index (χ2n) is 8.36. The Balaban J connectivity index is 1.61. The van der Waals surface area contributed by atoms with E-state index in [1.165, 1.54) is 4.90 Å². The van der Waals surface area contributed by atoms with Gasteiger partial charge in [0.1, 0.15) is 5.75 Å². The summed E-state index contributed by atoms with van der Waals surface area (Å²) in [4.78, 5) is 23.7. The number of methoxy groups -OCH3 is 1. The summed E-state index contributed by atoms with van der Waals surface area (Å²) in [7, 11) is 1.68. The van der Waals surface area contributed by atoms with E-state index in [-0.39, 0.29) is 5.91 Å². The molecule has 2 heterocycles. The maximum atomic E-state index is 13.4. The number of aromatic nitrogens is 1. The summed E-state index contributed by atoms with van der Waals surface area (Å²) >= 11 is 3.28. The van der Waals surface area contributed by atoms with Crippen molar-refractivity contribution in [1.29, 1.82) is 0 Å². The number of benzene rings is 2. The predicted molar refractivity (Wildman–Crippen MR) is 137 cm³/mol. The summed E-state index contributed by atoms with van der Waals surface area (Å²) in [6.07, 6.45) is 4.19. The van der Waals surface area contributed by atoms with Crippen molar-refractivity contribution >= 4 is 39.9 Å². The van der Waals surface area contributed by atoms with E-state index in [0.717, 1.165) is 56.1 Å². The maximum absolute atomic E-state index is 13.4. The van der Waals surface area contributed by atoms with E-state index >= 15 is 0 Å². The molecule has 0 saturated heterocycles. The van der Waals surface area contributed by atoms with Crippen LogP contribution in [0.25, 0.3) is 22.2 Å². The van der Waals surface area contributed by atoms with E-state index in [9.17, 15) is 4.79 Å². The fourth-order valence-corrected chi connectivity index (χ4v) is 5.34. The normalized spacial score (nSPS) is 13.3. The van der Waals surface area contributed by atoms with Gasteiger partial charge < -0.3 is 9.64 Å². The molecule has 0 radical (unpaired) electrons. The molecule has 1 aliphatic rings. The van der Waals surface area contributed by atoms with Gasteiger partial charge in [-0.3, -0.25) is 4.79 Å². The maximum Gasteiger partial charge on any atom is 0.264 e. The van der Waals surface area contributed by atoms with Gasteiger partial charge in [0.25, 0.3) is 5.91 Å². The zero-order valence-corrected chi connectivity index (χ0v) is 20.6. The second kappa shape index (κ2) is 9.20. The molecule has 0 unspecified atom stereocenters. The van der Waals surface area contributed by atoms with Gasteiger partial charge in [-0.25, -0.2) is 4.98 Å². The molecule has 0 N–H and O–H groups in total. The highest BCUT2D eigenvalue weighted by Gasteiger charge is 2.34. The minimum absolute atomic E-state index is 0.116. The summed E-state index contributed by atoms with van der Waals surface area (Å²) in [6.45, 7) is 2.58. The Hall–Kier alpha value is -2.83. The number of pyridine rings is 1. The Bertz CT molecular complexity index is 1330. The van der Waals surface area contributed by atoms with Crippen LogP contribution in [0, 0.1) is 6.92 Å². The average molecular weight is 475 g/mol. The molecule has 1 saturated carbocycles. The van der Waals surface area contributed by atoms with Crippen LogP contribution in [0.4, 0.5) is 0 Å². The molecule has 1 amide bonds. The Kier molecular flexibility index (Phi) is 6.13. The molecule has 4 nitrogen and oxygen atoms in total. The molecule has 0 atom stereocenters. The van der Waals surface area contributed by atoms with Crippen molar-refractivity contribution in [3.05, 3.63) is 76.0 Å². The number of hydrogen-bond acceptors (Lipinski definition) is 5. The molecule has 6 heteroatoms. The van der Waals surface area contributed by atoms with Crippen molar-refractivity contribution in [1.82, 2.24) is 9.88 Å². The van der Waals surface area contributed by atoms with Crippen molar-refractivity contribution in [3.63, 3.8) is 0 Å². The molecule has 1 fully saturated rings. The largest absolute Gasteiger partial charge is 0.497 e. The molecule has 168 valence electrons. The monoisotopic (exact) mass is 474 g/mol. The van der Waals surface area contributed by atoms with Gasteiger partial charge >= 0.3 is 0 Å². The molecule has 4 aromatic rings. The van der Waals surface area contributed by atoms with E-state index in [4.69, 9.17) is 9.72 Å². The Morgan fingerprint density at radius 1 is 1.15 bits per heavy atom. The van der Waals surface area contributed by atoms with Crippen molar-refractivity contribution in [2.45, 2.75) is 37.2 Å². The Morgan fingerprint density at radius 2 is 2.00 bits per heavy atom. The SMILES string of the molecule is COc1cccc(-c2nc3cc(SC)ccc3cc2CN(C(=O)c2ccc(C)s2)C2CC2)c1. The van der Waals surface area contributed by atoms with E-state index in [0.29, 0.717) is 12.6 Å². The van der Waals surface area contributed by atoms with Gasteiger partial charge in [-0.05, 0) is 74.0 Å². The number of nitrogens with zero attached hydrogens (tertiary/aromatic N) is 2. The van der Waals surface area contributed by atoms with Gasteiger partial charge in [0.2, 0.25) is 0 Å². The zero-order valence-electron chi connectivity index (χ0n) is 19.0. The highest BCUT2D eigenvalue weighted by Crippen LogP contribution is 2.35. The second-order valence-corrected chi connectivity index (χ2v) is 10.5.